The molecule has 0 unspecified atom stereocenters. The predicted molar refractivity (Wildman–Crippen MR) is 57.3 cm³/mol. The van der Waals surface area contributed by atoms with Crippen LogP contribution in [-0.2, 0) is 13.6 Å². The molecule has 0 saturated heterocycles. The van der Waals surface area contributed by atoms with Gasteiger partial charge in [0.25, 0.3) is 0 Å². The second kappa shape index (κ2) is 5.25. The number of aromatic nitrogens is 2. The quantitative estimate of drug-likeness (QED) is 0.809. The van der Waals surface area contributed by atoms with Crippen LogP contribution in [0.3, 0.4) is 0 Å². The minimum Gasteiger partial charge on any atom is -0.313 e. The Morgan fingerprint density at radius 2 is 2.00 bits per heavy atom. The van der Waals surface area contributed by atoms with E-state index in [-0.39, 0.29) is 12.4 Å². The van der Waals surface area contributed by atoms with E-state index in [0.717, 1.165) is 18.8 Å². The van der Waals surface area contributed by atoms with E-state index in [4.69, 9.17) is 0 Å². The Balaban J connectivity index is 0.00000144. The normalized spacial score (nSPS) is 9.85. The van der Waals surface area contributed by atoms with Gasteiger partial charge in [0, 0.05) is 24.8 Å². The summed E-state index contributed by atoms with van der Waals surface area (Å²) in [6, 6.07) is 0. The first kappa shape index (κ1) is 12.5. The summed E-state index contributed by atoms with van der Waals surface area (Å²) in [5.41, 5.74) is 3.73. The molecule has 0 fully saturated rings. The van der Waals surface area contributed by atoms with Crippen molar-refractivity contribution in [1.29, 1.82) is 0 Å². The lowest BCUT2D eigenvalue weighted by atomic mass is 10.2. The number of aryl methyl sites for hydroxylation is 2. The lowest BCUT2D eigenvalue weighted by Crippen LogP contribution is -2.13. The van der Waals surface area contributed by atoms with Gasteiger partial charge in [-0.25, -0.2) is 0 Å². The van der Waals surface area contributed by atoms with E-state index in [1.165, 1.54) is 11.3 Å². The van der Waals surface area contributed by atoms with Gasteiger partial charge >= 0.3 is 0 Å². The average Bonchev–Trinajstić information content (AvgIpc) is 2.25. The molecular weight excluding hydrogens is 186 g/mol. The molecule has 0 aliphatic carbocycles. The van der Waals surface area contributed by atoms with Crippen molar-refractivity contribution in [2.24, 2.45) is 7.05 Å². The van der Waals surface area contributed by atoms with Crippen molar-refractivity contribution in [3.63, 3.8) is 0 Å². The summed E-state index contributed by atoms with van der Waals surface area (Å²) in [5, 5.41) is 7.65. The van der Waals surface area contributed by atoms with Gasteiger partial charge in [0.1, 0.15) is 0 Å². The van der Waals surface area contributed by atoms with E-state index < -0.39 is 0 Å². The van der Waals surface area contributed by atoms with Gasteiger partial charge in [0.15, 0.2) is 0 Å². The minimum atomic E-state index is 0. The third-order valence-corrected chi connectivity index (χ3v) is 2.21. The zero-order valence-electron chi connectivity index (χ0n) is 8.72. The summed E-state index contributed by atoms with van der Waals surface area (Å²) in [5.74, 6) is 0. The van der Waals surface area contributed by atoms with Crippen LogP contribution in [0.15, 0.2) is 0 Å². The molecular formula is C9H18ClN3. The minimum absolute atomic E-state index is 0. The molecule has 1 N–H and O–H groups in total. The standard InChI is InChI=1S/C9H17N3.ClH/c1-5-10-6-9-7(2)11-12(4)8(9)3;/h10H,5-6H2,1-4H3;1H. The molecule has 1 heterocycles. The molecule has 4 heteroatoms. The summed E-state index contributed by atoms with van der Waals surface area (Å²) in [4.78, 5) is 0. The van der Waals surface area contributed by atoms with Crippen LogP contribution < -0.4 is 5.32 Å². The van der Waals surface area contributed by atoms with Crippen molar-refractivity contribution in [2.45, 2.75) is 27.3 Å². The van der Waals surface area contributed by atoms with E-state index in [1.807, 2.05) is 11.7 Å². The maximum absolute atomic E-state index is 4.34. The highest BCUT2D eigenvalue weighted by molar-refractivity contribution is 5.85. The van der Waals surface area contributed by atoms with Crippen molar-refractivity contribution < 1.29 is 0 Å². The highest BCUT2D eigenvalue weighted by Gasteiger charge is 2.07. The van der Waals surface area contributed by atoms with Crippen LogP contribution in [0.4, 0.5) is 0 Å². The molecule has 0 aromatic carbocycles. The Morgan fingerprint density at radius 3 is 2.38 bits per heavy atom. The molecule has 0 saturated carbocycles. The van der Waals surface area contributed by atoms with Crippen molar-refractivity contribution in [3.8, 4) is 0 Å². The molecule has 1 aromatic heterocycles. The first-order valence-electron chi connectivity index (χ1n) is 4.36. The van der Waals surface area contributed by atoms with Gasteiger partial charge in [-0.05, 0) is 20.4 Å². The zero-order chi connectivity index (χ0) is 9.14. The second-order valence-electron chi connectivity index (χ2n) is 3.05. The van der Waals surface area contributed by atoms with Crippen LogP contribution >= 0.6 is 12.4 Å². The Kier molecular flexibility index (Phi) is 5.03. The largest absolute Gasteiger partial charge is 0.313 e. The molecule has 0 aliphatic heterocycles. The molecule has 0 atom stereocenters. The lowest BCUT2D eigenvalue weighted by Gasteiger charge is -2.01. The summed E-state index contributed by atoms with van der Waals surface area (Å²) in [7, 11) is 1.98. The van der Waals surface area contributed by atoms with E-state index in [9.17, 15) is 0 Å². The Bertz CT molecular complexity index is 268. The van der Waals surface area contributed by atoms with Gasteiger partial charge in [-0.2, -0.15) is 5.10 Å². The van der Waals surface area contributed by atoms with Gasteiger partial charge in [-0.15, -0.1) is 12.4 Å². The van der Waals surface area contributed by atoms with Gasteiger partial charge in [0.05, 0.1) is 5.69 Å². The van der Waals surface area contributed by atoms with Crippen LogP contribution in [0.2, 0.25) is 0 Å². The zero-order valence-corrected chi connectivity index (χ0v) is 9.53. The van der Waals surface area contributed by atoms with Crippen LogP contribution in [-0.4, -0.2) is 16.3 Å². The van der Waals surface area contributed by atoms with Gasteiger partial charge in [-0.1, -0.05) is 6.92 Å². The number of rotatable bonds is 3. The fourth-order valence-electron chi connectivity index (χ4n) is 1.32. The maximum Gasteiger partial charge on any atom is 0.0641 e. The van der Waals surface area contributed by atoms with Crippen LogP contribution in [0.5, 0.6) is 0 Å². The SMILES string of the molecule is CCNCc1c(C)nn(C)c1C.Cl. The van der Waals surface area contributed by atoms with Crippen molar-refractivity contribution >= 4 is 12.4 Å². The van der Waals surface area contributed by atoms with E-state index in [2.05, 4.69) is 31.2 Å². The molecule has 0 bridgehead atoms. The van der Waals surface area contributed by atoms with Crippen LogP contribution in [0, 0.1) is 13.8 Å². The Morgan fingerprint density at radius 1 is 1.38 bits per heavy atom. The first-order valence-corrected chi connectivity index (χ1v) is 4.36. The second-order valence-corrected chi connectivity index (χ2v) is 3.05. The summed E-state index contributed by atoms with van der Waals surface area (Å²) < 4.78 is 1.93. The highest BCUT2D eigenvalue weighted by Crippen LogP contribution is 2.10. The predicted octanol–water partition coefficient (Wildman–Crippen LogP) is 1.57. The number of nitrogens with one attached hydrogen (secondary N) is 1. The smallest absolute Gasteiger partial charge is 0.0641 e. The Hall–Kier alpha value is -0.540. The Labute approximate surface area is 85.9 Å². The third kappa shape index (κ3) is 2.71. The first-order chi connectivity index (χ1) is 5.66. The van der Waals surface area contributed by atoms with Crippen LogP contribution in [0.25, 0.3) is 0 Å². The average molecular weight is 204 g/mol. The summed E-state index contributed by atoms with van der Waals surface area (Å²) in [6.07, 6.45) is 0. The lowest BCUT2D eigenvalue weighted by molar-refractivity contribution is 0.710. The van der Waals surface area contributed by atoms with E-state index in [0.29, 0.717) is 0 Å². The van der Waals surface area contributed by atoms with Gasteiger partial charge < -0.3 is 5.32 Å². The summed E-state index contributed by atoms with van der Waals surface area (Å²) >= 11 is 0. The molecule has 13 heavy (non-hydrogen) atoms. The molecule has 1 aromatic rings. The third-order valence-electron chi connectivity index (χ3n) is 2.21. The maximum atomic E-state index is 4.34. The molecule has 0 radical (unpaired) electrons. The molecule has 1 rings (SSSR count). The van der Waals surface area contributed by atoms with Crippen LogP contribution in [0.1, 0.15) is 23.9 Å². The van der Waals surface area contributed by atoms with E-state index in [1.54, 1.807) is 0 Å². The van der Waals surface area contributed by atoms with Crippen molar-refractivity contribution in [1.82, 2.24) is 15.1 Å². The fraction of sp³-hybridized carbons (Fsp3) is 0.667. The van der Waals surface area contributed by atoms with Crippen molar-refractivity contribution in [2.75, 3.05) is 6.54 Å². The molecule has 3 nitrogen and oxygen atoms in total. The van der Waals surface area contributed by atoms with Gasteiger partial charge in [-0.3, -0.25) is 4.68 Å². The molecule has 0 aliphatic rings. The molecule has 0 spiro atoms. The number of nitrogens with zero attached hydrogens (tertiary/aromatic N) is 2. The van der Waals surface area contributed by atoms with Gasteiger partial charge in [0.2, 0.25) is 0 Å². The summed E-state index contributed by atoms with van der Waals surface area (Å²) in [6.45, 7) is 8.21. The fourth-order valence-corrected chi connectivity index (χ4v) is 1.32. The molecule has 0 amide bonds. The monoisotopic (exact) mass is 203 g/mol. The van der Waals surface area contributed by atoms with Crippen molar-refractivity contribution in [3.05, 3.63) is 17.0 Å². The molecule has 76 valence electrons. The highest BCUT2D eigenvalue weighted by atomic mass is 35.5. The van der Waals surface area contributed by atoms with E-state index >= 15 is 0 Å². The number of halogens is 1. The number of hydrogen-bond acceptors (Lipinski definition) is 2. The topological polar surface area (TPSA) is 29.9 Å². The number of hydrogen-bond donors (Lipinski definition) is 1.